The van der Waals surface area contributed by atoms with E-state index in [1.54, 1.807) is 18.4 Å². The number of aryl methyl sites for hydroxylation is 1. The van der Waals surface area contributed by atoms with Crippen LogP contribution in [0.4, 0.5) is 0 Å². The van der Waals surface area contributed by atoms with Gasteiger partial charge >= 0.3 is 0 Å². The first-order valence-electron chi connectivity index (χ1n) is 7.04. The van der Waals surface area contributed by atoms with Crippen molar-refractivity contribution < 1.29 is 14.3 Å². The van der Waals surface area contributed by atoms with E-state index in [2.05, 4.69) is 10.3 Å². The summed E-state index contributed by atoms with van der Waals surface area (Å²) in [4.78, 5) is 16.1. The standard InChI is InChI=1S/C16H20N2O3S/c1-12-18-15(11-22-12)14-5-3-4-13(8-14)9-17-16(19)10-21-7-6-20-2/h3-5,8,11H,6-7,9-10H2,1-2H3,(H,17,19). The lowest BCUT2D eigenvalue weighted by Gasteiger charge is -2.07. The normalized spacial score (nSPS) is 10.6. The number of carbonyl (C=O) groups is 1. The fourth-order valence-electron chi connectivity index (χ4n) is 1.90. The minimum atomic E-state index is -0.133. The molecule has 0 saturated carbocycles. The molecule has 1 N–H and O–H groups in total. The Labute approximate surface area is 134 Å². The third-order valence-electron chi connectivity index (χ3n) is 3.00. The van der Waals surface area contributed by atoms with Crippen LogP contribution in [0.5, 0.6) is 0 Å². The second kappa shape index (κ2) is 8.63. The second-order valence-electron chi connectivity index (χ2n) is 4.77. The molecule has 5 nitrogen and oxygen atoms in total. The molecule has 0 aliphatic rings. The number of rotatable bonds is 8. The van der Waals surface area contributed by atoms with Crippen LogP contribution in [0.25, 0.3) is 11.3 Å². The SMILES string of the molecule is COCCOCC(=O)NCc1cccc(-c2csc(C)n2)c1. The van der Waals surface area contributed by atoms with Crippen LogP contribution < -0.4 is 5.32 Å². The van der Waals surface area contributed by atoms with E-state index in [1.165, 1.54) is 0 Å². The van der Waals surface area contributed by atoms with Crippen molar-refractivity contribution in [3.63, 3.8) is 0 Å². The van der Waals surface area contributed by atoms with Crippen molar-refractivity contribution >= 4 is 17.2 Å². The zero-order valence-electron chi connectivity index (χ0n) is 12.8. The summed E-state index contributed by atoms with van der Waals surface area (Å²) in [6.45, 7) is 3.42. The Hall–Kier alpha value is -1.76. The van der Waals surface area contributed by atoms with Crippen molar-refractivity contribution in [1.82, 2.24) is 10.3 Å². The van der Waals surface area contributed by atoms with Crippen molar-refractivity contribution in [1.29, 1.82) is 0 Å². The van der Waals surface area contributed by atoms with Gasteiger partial charge in [0.2, 0.25) is 5.91 Å². The van der Waals surface area contributed by atoms with Crippen molar-refractivity contribution in [3.8, 4) is 11.3 Å². The highest BCUT2D eigenvalue weighted by Gasteiger charge is 2.05. The van der Waals surface area contributed by atoms with Gasteiger partial charge in [-0.3, -0.25) is 4.79 Å². The highest BCUT2D eigenvalue weighted by atomic mass is 32.1. The molecule has 22 heavy (non-hydrogen) atoms. The van der Waals surface area contributed by atoms with Crippen molar-refractivity contribution in [2.45, 2.75) is 13.5 Å². The van der Waals surface area contributed by atoms with Crippen LogP contribution in [-0.4, -0.2) is 37.8 Å². The number of amides is 1. The third kappa shape index (κ3) is 5.22. The number of hydrogen-bond acceptors (Lipinski definition) is 5. The zero-order valence-corrected chi connectivity index (χ0v) is 13.6. The summed E-state index contributed by atoms with van der Waals surface area (Å²) in [5, 5.41) is 5.92. The third-order valence-corrected chi connectivity index (χ3v) is 3.77. The molecule has 0 bridgehead atoms. The van der Waals surface area contributed by atoms with Crippen LogP contribution in [0.15, 0.2) is 29.6 Å². The second-order valence-corrected chi connectivity index (χ2v) is 5.84. The average Bonchev–Trinajstić information content (AvgIpc) is 2.96. The van der Waals surface area contributed by atoms with Gasteiger partial charge in [-0.15, -0.1) is 11.3 Å². The van der Waals surface area contributed by atoms with Crippen LogP contribution in [0, 0.1) is 6.92 Å². The highest BCUT2D eigenvalue weighted by molar-refractivity contribution is 7.09. The van der Waals surface area contributed by atoms with Gasteiger partial charge in [-0.05, 0) is 18.6 Å². The summed E-state index contributed by atoms with van der Waals surface area (Å²) in [5.41, 5.74) is 3.07. The molecule has 0 radical (unpaired) electrons. The molecule has 1 aromatic carbocycles. The van der Waals surface area contributed by atoms with Crippen molar-refractivity contribution in [2.24, 2.45) is 0 Å². The molecule has 1 aromatic heterocycles. The van der Waals surface area contributed by atoms with Gasteiger partial charge in [0.05, 0.1) is 23.9 Å². The van der Waals surface area contributed by atoms with E-state index in [9.17, 15) is 4.79 Å². The number of methoxy groups -OCH3 is 1. The summed E-state index contributed by atoms with van der Waals surface area (Å²) in [6, 6.07) is 8.02. The number of aromatic nitrogens is 1. The van der Waals surface area contributed by atoms with Crippen LogP contribution in [0.2, 0.25) is 0 Å². The minimum Gasteiger partial charge on any atom is -0.382 e. The van der Waals surface area contributed by atoms with Crippen LogP contribution >= 0.6 is 11.3 Å². The molecule has 0 aliphatic carbocycles. The lowest BCUT2D eigenvalue weighted by atomic mass is 10.1. The molecule has 1 amide bonds. The first-order chi connectivity index (χ1) is 10.7. The maximum Gasteiger partial charge on any atom is 0.246 e. The van der Waals surface area contributed by atoms with E-state index in [4.69, 9.17) is 9.47 Å². The van der Waals surface area contributed by atoms with Crippen LogP contribution in [0.1, 0.15) is 10.6 Å². The molecule has 118 valence electrons. The van der Waals surface area contributed by atoms with E-state index < -0.39 is 0 Å². The quantitative estimate of drug-likeness (QED) is 0.759. The Morgan fingerprint density at radius 1 is 1.36 bits per heavy atom. The van der Waals surface area contributed by atoms with E-state index in [0.717, 1.165) is 21.8 Å². The lowest BCUT2D eigenvalue weighted by molar-refractivity contribution is -0.126. The fraction of sp³-hybridized carbons (Fsp3) is 0.375. The largest absolute Gasteiger partial charge is 0.382 e. The van der Waals surface area contributed by atoms with Gasteiger partial charge in [0.1, 0.15) is 6.61 Å². The van der Waals surface area contributed by atoms with Crippen molar-refractivity contribution in [3.05, 3.63) is 40.2 Å². The van der Waals surface area contributed by atoms with Gasteiger partial charge in [0.15, 0.2) is 0 Å². The number of nitrogens with one attached hydrogen (secondary N) is 1. The molecule has 0 saturated heterocycles. The molecule has 0 atom stereocenters. The lowest BCUT2D eigenvalue weighted by Crippen LogP contribution is -2.27. The summed E-state index contributed by atoms with van der Waals surface area (Å²) in [5.74, 6) is -0.133. The van der Waals surface area contributed by atoms with Gasteiger partial charge in [-0.2, -0.15) is 0 Å². The Balaban J connectivity index is 1.84. The number of hydrogen-bond donors (Lipinski definition) is 1. The first kappa shape index (κ1) is 16.6. The Morgan fingerprint density at radius 2 is 2.23 bits per heavy atom. The summed E-state index contributed by atoms with van der Waals surface area (Å²) in [6.07, 6.45) is 0. The molecule has 2 rings (SSSR count). The molecule has 0 aliphatic heterocycles. The number of ether oxygens (including phenoxy) is 2. The maximum atomic E-state index is 11.7. The Bertz CT molecular complexity index is 613. The highest BCUT2D eigenvalue weighted by Crippen LogP contribution is 2.22. The number of carbonyl (C=O) groups excluding carboxylic acids is 1. The smallest absolute Gasteiger partial charge is 0.246 e. The average molecular weight is 320 g/mol. The van der Waals surface area contributed by atoms with Crippen LogP contribution in [0.3, 0.4) is 0 Å². The molecular weight excluding hydrogens is 300 g/mol. The number of benzene rings is 1. The van der Waals surface area contributed by atoms with E-state index in [-0.39, 0.29) is 12.5 Å². The van der Waals surface area contributed by atoms with Gasteiger partial charge in [-0.25, -0.2) is 4.98 Å². The molecule has 0 fully saturated rings. The van der Waals surface area contributed by atoms with Crippen molar-refractivity contribution in [2.75, 3.05) is 26.9 Å². The monoisotopic (exact) mass is 320 g/mol. The molecule has 2 aromatic rings. The molecule has 0 unspecified atom stereocenters. The molecule has 1 heterocycles. The summed E-state index contributed by atoms with van der Waals surface area (Å²) in [7, 11) is 1.60. The molecular formula is C16H20N2O3S. The van der Waals surface area contributed by atoms with Gasteiger partial charge in [0.25, 0.3) is 0 Å². The Kier molecular flexibility index (Phi) is 6.51. The topological polar surface area (TPSA) is 60.5 Å². The van der Waals surface area contributed by atoms with Crippen LogP contribution in [-0.2, 0) is 20.8 Å². The number of thiazole rings is 1. The number of nitrogens with zero attached hydrogens (tertiary/aromatic N) is 1. The minimum absolute atomic E-state index is 0.0499. The molecule has 6 heteroatoms. The maximum absolute atomic E-state index is 11.7. The van der Waals surface area contributed by atoms with Gasteiger partial charge in [-0.1, -0.05) is 18.2 Å². The van der Waals surface area contributed by atoms with Gasteiger partial charge in [0, 0.05) is 24.6 Å². The zero-order chi connectivity index (χ0) is 15.8. The summed E-state index contributed by atoms with van der Waals surface area (Å²) < 4.78 is 10.0. The predicted molar refractivity (Wildman–Crippen MR) is 86.8 cm³/mol. The van der Waals surface area contributed by atoms with E-state index in [0.29, 0.717) is 19.8 Å². The predicted octanol–water partition coefficient (Wildman–Crippen LogP) is 2.40. The first-order valence-corrected chi connectivity index (χ1v) is 7.92. The van der Waals surface area contributed by atoms with E-state index in [1.807, 2.05) is 36.6 Å². The summed E-state index contributed by atoms with van der Waals surface area (Å²) >= 11 is 1.63. The van der Waals surface area contributed by atoms with E-state index >= 15 is 0 Å². The van der Waals surface area contributed by atoms with Gasteiger partial charge < -0.3 is 14.8 Å². The molecule has 0 spiro atoms. The Morgan fingerprint density at radius 3 is 2.95 bits per heavy atom. The fourth-order valence-corrected chi connectivity index (χ4v) is 2.52.